The van der Waals surface area contributed by atoms with Crippen LogP contribution in [0.5, 0.6) is 10.9 Å². The number of fused-ring (bicyclic) bond motifs is 2. The van der Waals surface area contributed by atoms with E-state index >= 15 is 0 Å². The molecule has 0 aliphatic carbocycles. The van der Waals surface area contributed by atoms with Gasteiger partial charge in [0.1, 0.15) is 17.1 Å². The predicted octanol–water partition coefficient (Wildman–Crippen LogP) is 6.00. The van der Waals surface area contributed by atoms with Crippen molar-refractivity contribution in [2.45, 2.75) is 25.6 Å². The smallest absolute Gasteiger partial charge is 0.391 e. The number of hydrogen-bond acceptors (Lipinski definition) is 6. The van der Waals surface area contributed by atoms with E-state index in [0.29, 0.717) is 41.8 Å². The van der Waals surface area contributed by atoms with Gasteiger partial charge in [0.25, 0.3) is 5.19 Å². The quantitative estimate of drug-likeness (QED) is 0.395. The lowest BCUT2D eigenvalue weighted by molar-refractivity contribution is -0.185. The van der Waals surface area contributed by atoms with Gasteiger partial charge in [-0.1, -0.05) is 11.3 Å². The molecule has 5 rings (SSSR count). The Labute approximate surface area is 174 Å². The molecule has 3 aromatic heterocycles. The van der Waals surface area contributed by atoms with Gasteiger partial charge in [-0.2, -0.15) is 18.2 Å². The number of pyridine rings is 1. The second-order valence-electron chi connectivity index (χ2n) is 7.41. The summed E-state index contributed by atoms with van der Waals surface area (Å²) in [6, 6.07) is 11.3. The van der Waals surface area contributed by atoms with Crippen LogP contribution in [0.2, 0.25) is 0 Å². The number of furan rings is 1. The Morgan fingerprint density at radius 3 is 2.77 bits per heavy atom. The number of likely N-dealkylation sites (tertiary alicyclic amines) is 1. The fourth-order valence-corrected chi connectivity index (χ4v) is 4.53. The van der Waals surface area contributed by atoms with Crippen LogP contribution < -0.4 is 4.74 Å². The number of halogens is 3. The van der Waals surface area contributed by atoms with Crippen LogP contribution in [0.3, 0.4) is 0 Å². The zero-order valence-electron chi connectivity index (χ0n) is 15.9. The van der Waals surface area contributed by atoms with Gasteiger partial charge in [-0.05, 0) is 56.3 Å². The van der Waals surface area contributed by atoms with Crippen LogP contribution in [-0.4, -0.2) is 34.1 Å². The van der Waals surface area contributed by atoms with Crippen molar-refractivity contribution in [3.05, 3.63) is 48.4 Å². The molecule has 0 spiro atoms. The minimum absolute atomic E-state index is 0.138. The first-order valence-electron chi connectivity index (χ1n) is 9.65. The fourth-order valence-electron chi connectivity index (χ4n) is 3.74. The fraction of sp³-hybridized carbons (Fsp3) is 0.333. The Morgan fingerprint density at radius 2 is 2.00 bits per heavy atom. The van der Waals surface area contributed by atoms with E-state index in [2.05, 4.69) is 9.97 Å². The SMILES string of the molecule is FC(F)(F)C1CCN(Cc2cc3ccc(Oc4nc5ncccc5s4)cc3o2)CC1. The molecule has 0 saturated carbocycles. The summed E-state index contributed by atoms with van der Waals surface area (Å²) in [5.41, 5.74) is 1.32. The number of alkyl halides is 3. The van der Waals surface area contributed by atoms with E-state index in [1.54, 1.807) is 12.3 Å². The highest BCUT2D eigenvalue weighted by Gasteiger charge is 2.41. The Morgan fingerprint density at radius 1 is 1.17 bits per heavy atom. The highest BCUT2D eigenvalue weighted by atomic mass is 32.1. The van der Waals surface area contributed by atoms with Crippen LogP contribution >= 0.6 is 11.3 Å². The van der Waals surface area contributed by atoms with E-state index in [9.17, 15) is 13.2 Å². The molecule has 4 heterocycles. The third-order valence-corrected chi connectivity index (χ3v) is 6.21. The first-order chi connectivity index (χ1) is 14.4. The Bertz CT molecular complexity index is 1150. The van der Waals surface area contributed by atoms with Crippen LogP contribution in [0.25, 0.3) is 21.3 Å². The summed E-state index contributed by atoms with van der Waals surface area (Å²) < 4.78 is 51.2. The average Bonchev–Trinajstić information content (AvgIpc) is 3.30. The second kappa shape index (κ2) is 7.55. The monoisotopic (exact) mass is 433 g/mol. The molecule has 1 fully saturated rings. The van der Waals surface area contributed by atoms with Crippen LogP contribution in [0, 0.1) is 5.92 Å². The number of thiazole rings is 1. The molecule has 1 aromatic carbocycles. The third-order valence-electron chi connectivity index (χ3n) is 5.32. The highest BCUT2D eigenvalue weighted by Crippen LogP contribution is 2.35. The maximum atomic E-state index is 12.8. The number of hydrogen-bond donors (Lipinski definition) is 0. The van der Waals surface area contributed by atoms with Crippen molar-refractivity contribution in [2.75, 3.05) is 13.1 Å². The molecule has 30 heavy (non-hydrogen) atoms. The van der Waals surface area contributed by atoms with Gasteiger partial charge in [0.15, 0.2) is 5.65 Å². The average molecular weight is 433 g/mol. The Hall–Kier alpha value is -2.65. The second-order valence-corrected chi connectivity index (χ2v) is 8.40. The van der Waals surface area contributed by atoms with E-state index in [1.807, 2.05) is 35.2 Å². The van der Waals surface area contributed by atoms with Crippen molar-refractivity contribution in [1.29, 1.82) is 0 Å². The predicted molar refractivity (Wildman–Crippen MR) is 108 cm³/mol. The van der Waals surface area contributed by atoms with E-state index in [1.165, 1.54) is 11.3 Å². The molecular weight excluding hydrogens is 415 g/mol. The molecule has 0 amide bonds. The van der Waals surface area contributed by atoms with E-state index in [0.717, 1.165) is 15.8 Å². The number of rotatable bonds is 4. The molecule has 4 aromatic rings. The molecule has 0 atom stereocenters. The zero-order valence-corrected chi connectivity index (χ0v) is 16.7. The maximum Gasteiger partial charge on any atom is 0.391 e. The lowest BCUT2D eigenvalue weighted by Gasteiger charge is -2.32. The summed E-state index contributed by atoms with van der Waals surface area (Å²) in [4.78, 5) is 10.6. The molecule has 0 N–H and O–H groups in total. The maximum absolute atomic E-state index is 12.8. The first kappa shape index (κ1) is 19.3. The molecule has 1 aliphatic heterocycles. The van der Waals surface area contributed by atoms with Gasteiger partial charge < -0.3 is 9.15 Å². The van der Waals surface area contributed by atoms with Gasteiger partial charge >= 0.3 is 6.18 Å². The standard InChI is InChI=1S/C21H18F3N3O2S/c22-21(23,24)14-5-8-27(9-6-14)12-16-10-13-3-4-15(11-17(13)28-16)29-20-26-19-18(30-20)2-1-7-25-19/h1-4,7,10-11,14H,5-6,8-9,12H2. The summed E-state index contributed by atoms with van der Waals surface area (Å²) in [5.74, 6) is 0.145. The van der Waals surface area contributed by atoms with Crippen molar-refractivity contribution >= 4 is 32.7 Å². The van der Waals surface area contributed by atoms with Crippen molar-refractivity contribution in [1.82, 2.24) is 14.9 Å². The summed E-state index contributed by atoms with van der Waals surface area (Å²) in [6.07, 6.45) is -2.13. The van der Waals surface area contributed by atoms with Crippen molar-refractivity contribution in [3.8, 4) is 10.9 Å². The number of aromatic nitrogens is 2. The van der Waals surface area contributed by atoms with E-state index in [-0.39, 0.29) is 12.8 Å². The largest absolute Gasteiger partial charge is 0.460 e. The topological polar surface area (TPSA) is 51.4 Å². The number of ether oxygens (including phenoxy) is 1. The van der Waals surface area contributed by atoms with Gasteiger partial charge in [-0.25, -0.2) is 4.98 Å². The highest BCUT2D eigenvalue weighted by molar-refractivity contribution is 7.20. The first-order valence-corrected chi connectivity index (χ1v) is 10.5. The van der Waals surface area contributed by atoms with Crippen LogP contribution in [0.15, 0.2) is 47.0 Å². The van der Waals surface area contributed by atoms with Gasteiger partial charge in [0, 0.05) is 17.6 Å². The van der Waals surface area contributed by atoms with Gasteiger partial charge in [0.05, 0.1) is 17.2 Å². The number of nitrogens with zero attached hydrogens (tertiary/aromatic N) is 3. The zero-order chi connectivity index (χ0) is 20.7. The van der Waals surface area contributed by atoms with Gasteiger partial charge in [0.2, 0.25) is 0 Å². The van der Waals surface area contributed by atoms with E-state index in [4.69, 9.17) is 9.15 Å². The summed E-state index contributed by atoms with van der Waals surface area (Å²) in [5, 5.41) is 1.43. The lowest BCUT2D eigenvalue weighted by Crippen LogP contribution is -2.38. The summed E-state index contributed by atoms with van der Waals surface area (Å²) >= 11 is 1.41. The molecule has 9 heteroatoms. The minimum atomic E-state index is -4.10. The molecule has 5 nitrogen and oxygen atoms in total. The molecule has 0 radical (unpaired) electrons. The van der Waals surface area contributed by atoms with Crippen molar-refractivity contribution in [3.63, 3.8) is 0 Å². The number of benzene rings is 1. The van der Waals surface area contributed by atoms with Gasteiger partial charge in [-0.15, -0.1) is 0 Å². The molecule has 0 bridgehead atoms. The van der Waals surface area contributed by atoms with Crippen molar-refractivity contribution in [2.24, 2.45) is 5.92 Å². The van der Waals surface area contributed by atoms with Crippen molar-refractivity contribution < 1.29 is 22.3 Å². The molecule has 156 valence electrons. The normalized spacial score (nSPS) is 16.5. The Balaban J connectivity index is 1.27. The minimum Gasteiger partial charge on any atom is -0.460 e. The van der Waals surface area contributed by atoms with Crippen LogP contribution in [-0.2, 0) is 6.54 Å². The van der Waals surface area contributed by atoms with Crippen LogP contribution in [0.4, 0.5) is 13.2 Å². The van der Waals surface area contributed by atoms with E-state index < -0.39 is 12.1 Å². The molecule has 1 saturated heterocycles. The van der Waals surface area contributed by atoms with Crippen LogP contribution in [0.1, 0.15) is 18.6 Å². The summed E-state index contributed by atoms with van der Waals surface area (Å²) in [6.45, 7) is 1.33. The molecule has 1 aliphatic rings. The number of piperidine rings is 1. The Kier molecular flexibility index (Phi) is 4.86. The summed E-state index contributed by atoms with van der Waals surface area (Å²) in [7, 11) is 0. The molecule has 0 unspecified atom stereocenters. The van der Waals surface area contributed by atoms with Gasteiger partial charge in [-0.3, -0.25) is 4.90 Å². The lowest BCUT2D eigenvalue weighted by atomic mass is 9.96. The molecular formula is C21H18F3N3O2S. The third kappa shape index (κ3) is 3.99.